The number of aryl methyl sites for hydroxylation is 1. The quantitative estimate of drug-likeness (QED) is 0.790. The summed E-state index contributed by atoms with van der Waals surface area (Å²) in [7, 11) is -3.54. The fourth-order valence-corrected chi connectivity index (χ4v) is 5.33. The average Bonchev–Trinajstić information content (AvgIpc) is 3.06. The van der Waals surface area contributed by atoms with Gasteiger partial charge in [0.15, 0.2) is 0 Å². The van der Waals surface area contributed by atoms with Gasteiger partial charge in [0.25, 0.3) is 5.91 Å². The number of nitrogens with one attached hydrogen (secondary N) is 1. The molecule has 1 fully saturated rings. The third-order valence-corrected chi connectivity index (χ3v) is 6.62. The molecule has 2 unspecified atom stereocenters. The van der Waals surface area contributed by atoms with E-state index in [1.165, 1.54) is 4.90 Å². The number of hydrogen-bond acceptors (Lipinski definition) is 3. The summed E-state index contributed by atoms with van der Waals surface area (Å²) in [6.45, 7) is 0.0998. The van der Waals surface area contributed by atoms with Crippen LogP contribution in [0.15, 0.2) is 48.5 Å². The lowest BCUT2D eigenvalue weighted by Crippen LogP contribution is -2.52. The normalized spacial score (nSPS) is 23.8. The maximum absolute atomic E-state index is 14.9. The van der Waals surface area contributed by atoms with E-state index < -0.39 is 40.4 Å². The summed E-state index contributed by atoms with van der Waals surface area (Å²) in [5.41, 5.74) is 3.45. The van der Waals surface area contributed by atoms with Crippen LogP contribution >= 0.6 is 0 Å². The highest BCUT2D eigenvalue weighted by Gasteiger charge is 2.48. The first kappa shape index (κ1) is 20.9. The Morgan fingerprint density at radius 3 is 2.67 bits per heavy atom. The van der Waals surface area contributed by atoms with E-state index in [4.69, 9.17) is 0 Å². The fraction of sp³-hybridized carbons (Fsp3) is 0.409. The van der Waals surface area contributed by atoms with Crippen molar-refractivity contribution in [3.63, 3.8) is 0 Å². The summed E-state index contributed by atoms with van der Waals surface area (Å²) >= 11 is 0. The van der Waals surface area contributed by atoms with E-state index in [0.717, 1.165) is 28.5 Å². The highest BCUT2D eigenvalue weighted by Crippen LogP contribution is 2.34. The molecule has 0 aliphatic carbocycles. The SMILES string of the molecule is CS(=O)(=O)NC1CCN2C(=O)C(F)(F)CCc3ccccc3-c3cccc(c3)CC12. The minimum Gasteiger partial charge on any atom is -0.332 e. The first-order valence-electron chi connectivity index (χ1n) is 9.97. The number of amides is 1. The van der Waals surface area contributed by atoms with Crippen LogP contribution in [0.3, 0.4) is 0 Å². The molecule has 2 aromatic rings. The lowest BCUT2D eigenvalue weighted by molar-refractivity contribution is -0.159. The fourth-order valence-electron chi connectivity index (χ4n) is 4.51. The van der Waals surface area contributed by atoms with Crippen molar-refractivity contribution < 1.29 is 22.0 Å². The molecule has 2 aliphatic rings. The lowest BCUT2D eigenvalue weighted by atomic mass is 9.91. The molecule has 160 valence electrons. The van der Waals surface area contributed by atoms with E-state index in [2.05, 4.69) is 4.72 Å². The third-order valence-electron chi connectivity index (χ3n) is 5.89. The molecule has 4 rings (SSSR count). The monoisotopic (exact) mass is 434 g/mol. The minimum atomic E-state index is -3.54. The molecule has 2 heterocycles. The molecule has 5 nitrogen and oxygen atoms in total. The molecule has 1 N–H and O–H groups in total. The average molecular weight is 435 g/mol. The van der Waals surface area contributed by atoms with Crippen LogP contribution in [0.1, 0.15) is 24.0 Å². The summed E-state index contributed by atoms with van der Waals surface area (Å²) in [5, 5.41) is 0. The van der Waals surface area contributed by atoms with Crippen LogP contribution in [0.25, 0.3) is 11.1 Å². The van der Waals surface area contributed by atoms with E-state index in [1.54, 1.807) is 0 Å². The smallest absolute Gasteiger partial charge is 0.325 e. The van der Waals surface area contributed by atoms with Crippen molar-refractivity contribution >= 4 is 15.9 Å². The van der Waals surface area contributed by atoms with Gasteiger partial charge in [-0.05, 0) is 41.5 Å². The second kappa shape index (κ2) is 7.74. The lowest BCUT2D eigenvalue weighted by Gasteiger charge is -2.32. The Morgan fingerprint density at radius 2 is 1.90 bits per heavy atom. The van der Waals surface area contributed by atoms with Crippen LogP contribution in [0, 0.1) is 0 Å². The zero-order valence-corrected chi connectivity index (χ0v) is 17.5. The number of hydrogen-bond donors (Lipinski definition) is 1. The van der Waals surface area contributed by atoms with E-state index in [0.29, 0.717) is 12.8 Å². The van der Waals surface area contributed by atoms with Gasteiger partial charge in [0.2, 0.25) is 10.0 Å². The standard InChI is InChI=1S/C22H24F2N2O3S/c1-30(28,29)25-19-10-12-26-20(19)14-15-5-4-7-17(13-15)18-8-3-2-6-16(18)9-11-22(23,24)21(26)27/h2-8,13,19-20,25H,9-12,14H2,1H3. The number of alkyl halides is 2. The molecule has 0 spiro atoms. The molecule has 8 heteroatoms. The van der Waals surface area contributed by atoms with Crippen molar-refractivity contribution in [1.29, 1.82) is 0 Å². The van der Waals surface area contributed by atoms with Gasteiger partial charge in [-0.3, -0.25) is 4.79 Å². The van der Waals surface area contributed by atoms with Gasteiger partial charge in [-0.15, -0.1) is 0 Å². The van der Waals surface area contributed by atoms with Crippen molar-refractivity contribution in [3.8, 4) is 11.1 Å². The van der Waals surface area contributed by atoms with Gasteiger partial charge >= 0.3 is 5.92 Å². The van der Waals surface area contributed by atoms with Gasteiger partial charge in [0.05, 0.1) is 12.3 Å². The maximum atomic E-state index is 14.9. The van der Waals surface area contributed by atoms with Crippen LogP contribution in [0.2, 0.25) is 0 Å². The predicted molar refractivity (Wildman–Crippen MR) is 111 cm³/mol. The Labute approximate surface area is 175 Å². The number of fused-ring (bicyclic) bond motifs is 5. The van der Waals surface area contributed by atoms with Crippen LogP contribution in [0.4, 0.5) is 8.78 Å². The Kier molecular flexibility index (Phi) is 5.40. The highest BCUT2D eigenvalue weighted by molar-refractivity contribution is 7.88. The molecule has 1 amide bonds. The molecule has 2 bridgehead atoms. The molecule has 30 heavy (non-hydrogen) atoms. The van der Waals surface area contributed by atoms with Crippen LogP contribution in [0.5, 0.6) is 0 Å². The van der Waals surface area contributed by atoms with E-state index in [1.807, 2.05) is 48.5 Å². The Bertz CT molecular complexity index is 1070. The van der Waals surface area contributed by atoms with Crippen molar-refractivity contribution in [2.45, 2.75) is 43.7 Å². The molecule has 0 radical (unpaired) electrons. The molecule has 2 aliphatic heterocycles. The number of nitrogens with zero attached hydrogens (tertiary/aromatic N) is 1. The van der Waals surface area contributed by atoms with E-state index in [-0.39, 0.29) is 13.0 Å². The van der Waals surface area contributed by atoms with Crippen molar-refractivity contribution in [2.24, 2.45) is 0 Å². The number of halogens is 2. The number of rotatable bonds is 2. The minimum absolute atomic E-state index is 0.0721. The number of carbonyl (C=O) groups is 1. The van der Waals surface area contributed by atoms with Gasteiger partial charge in [0, 0.05) is 19.0 Å². The summed E-state index contributed by atoms with van der Waals surface area (Å²) in [5.74, 6) is -4.74. The Hall–Kier alpha value is -2.32. The molecule has 2 atom stereocenters. The summed E-state index contributed by atoms with van der Waals surface area (Å²) in [6.07, 6.45) is 1.13. The number of sulfonamides is 1. The Morgan fingerprint density at radius 1 is 1.13 bits per heavy atom. The van der Waals surface area contributed by atoms with Crippen LogP contribution < -0.4 is 4.72 Å². The van der Waals surface area contributed by atoms with Crippen molar-refractivity contribution in [3.05, 3.63) is 59.7 Å². The molecule has 0 saturated carbocycles. The third kappa shape index (κ3) is 4.25. The predicted octanol–water partition coefficient (Wildman–Crippen LogP) is 3.00. The van der Waals surface area contributed by atoms with Gasteiger partial charge in [-0.25, -0.2) is 13.1 Å². The van der Waals surface area contributed by atoms with Gasteiger partial charge in [-0.1, -0.05) is 48.5 Å². The highest BCUT2D eigenvalue weighted by atomic mass is 32.2. The largest absolute Gasteiger partial charge is 0.332 e. The van der Waals surface area contributed by atoms with Gasteiger partial charge in [0.1, 0.15) is 0 Å². The zero-order chi connectivity index (χ0) is 21.5. The second-order valence-corrected chi connectivity index (χ2v) is 9.90. The van der Waals surface area contributed by atoms with Gasteiger partial charge < -0.3 is 4.90 Å². The van der Waals surface area contributed by atoms with Crippen LogP contribution in [-0.2, 0) is 27.7 Å². The zero-order valence-electron chi connectivity index (χ0n) is 16.6. The number of carbonyl (C=O) groups excluding carboxylic acids is 1. The molecular formula is C22H24F2N2O3S. The Balaban J connectivity index is 1.80. The molecular weight excluding hydrogens is 410 g/mol. The van der Waals surface area contributed by atoms with Crippen molar-refractivity contribution in [2.75, 3.05) is 12.8 Å². The topological polar surface area (TPSA) is 66.5 Å². The first-order valence-corrected chi connectivity index (χ1v) is 11.9. The van der Waals surface area contributed by atoms with E-state index >= 15 is 0 Å². The molecule has 1 saturated heterocycles. The first-order chi connectivity index (χ1) is 14.1. The summed E-state index contributed by atoms with van der Waals surface area (Å²) in [4.78, 5) is 14.0. The van der Waals surface area contributed by atoms with E-state index in [9.17, 15) is 22.0 Å². The second-order valence-electron chi connectivity index (χ2n) is 8.12. The molecule has 2 aromatic carbocycles. The molecule has 0 aromatic heterocycles. The van der Waals surface area contributed by atoms with Gasteiger partial charge in [-0.2, -0.15) is 8.78 Å². The maximum Gasteiger partial charge on any atom is 0.325 e. The summed E-state index contributed by atoms with van der Waals surface area (Å²) < 4.78 is 55.9. The van der Waals surface area contributed by atoms with Crippen molar-refractivity contribution in [1.82, 2.24) is 9.62 Å². The van der Waals surface area contributed by atoms with Crippen LogP contribution in [-0.4, -0.2) is 50.0 Å². The summed E-state index contributed by atoms with van der Waals surface area (Å²) in [6, 6.07) is 13.9. The number of benzene rings is 2.